The molecule has 10 heteroatoms. The van der Waals surface area contributed by atoms with Crippen molar-refractivity contribution in [1.29, 1.82) is 0 Å². The molecule has 0 aliphatic heterocycles. The molecule has 0 aliphatic carbocycles. The Balaban J connectivity index is 1.36. The number of aromatic nitrogens is 4. The summed E-state index contributed by atoms with van der Waals surface area (Å²) in [6, 6.07) is 13.2. The predicted octanol–water partition coefficient (Wildman–Crippen LogP) is 2.37. The minimum Gasteiger partial charge on any atom is -0.361 e. The van der Waals surface area contributed by atoms with Crippen LogP contribution in [0.25, 0.3) is 0 Å². The van der Waals surface area contributed by atoms with Crippen LogP contribution in [0.5, 0.6) is 0 Å². The molecule has 2 heterocycles. The van der Waals surface area contributed by atoms with Gasteiger partial charge in [0.2, 0.25) is 11.0 Å². The van der Waals surface area contributed by atoms with E-state index in [4.69, 9.17) is 0 Å². The first-order valence-electron chi connectivity index (χ1n) is 10.3. The van der Waals surface area contributed by atoms with E-state index in [0.29, 0.717) is 23.9 Å². The van der Waals surface area contributed by atoms with E-state index >= 15 is 0 Å². The molecule has 0 aliphatic rings. The highest BCUT2D eigenvalue weighted by atomic mass is 32.1. The zero-order chi connectivity index (χ0) is 21.9. The minimum absolute atomic E-state index is 0.114. The number of aliphatic hydroxyl groups excluding tert-OH is 1. The monoisotopic (exact) mass is 441 g/mol. The van der Waals surface area contributed by atoms with Crippen LogP contribution in [0.4, 0.5) is 10.9 Å². The van der Waals surface area contributed by atoms with Crippen molar-refractivity contribution in [3.63, 3.8) is 0 Å². The van der Waals surface area contributed by atoms with E-state index in [1.807, 2.05) is 43.3 Å². The Morgan fingerprint density at radius 3 is 2.58 bits per heavy atom. The fourth-order valence-corrected chi connectivity index (χ4v) is 3.69. The molecule has 1 amide bonds. The highest BCUT2D eigenvalue weighted by Crippen LogP contribution is 2.18. The quantitative estimate of drug-likeness (QED) is 0.249. The molecule has 0 saturated heterocycles. The van der Waals surface area contributed by atoms with Crippen LogP contribution >= 0.6 is 11.3 Å². The highest BCUT2D eigenvalue weighted by Gasteiger charge is 2.08. The molecule has 9 nitrogen and oxygen atoms in total. The SMILES string of the molecule is CCNC(O)Nc1nnc(CCCCc2ccc(NC(=O)Cc3ccccc3)nn2)s1. The number of carbonyl (C=O) groups is 1. The second kappa shape index (κ2) is 12.0. The lowest BCUT2D eigenvalue weighted by Gasteiger charge is -2.10. The number of carbonyl (C=O) groups excluding carboxylic acids is 1. The van der Waals surface area contributed by atoms with E-state index in [1.54, 1.807) is 6.07 Å². The average Bonchev–Trinajstić information content (AvgIpc) is 3.20. The number of unbranched alkanes of at least 4 members (excludes halogenated alkanes) is 1. The number of amides is 1. The van der Waals surface area contributed by atoms with Crippen molar-refractivity contribution in [2.75, 3.05) is 17.2 Å². The van der Waals surface area contributed by atoms with Crippen molar-refractivity contribution in [3.8, 4) is 0 Å². The van der Waals surface area contributed by atoms with Gasteiger partial charge in [-0.2, -0.15) is 5.10 Å². The van der Waals surface area contributed by atoms with E-state index in [0.717, 1.165) is 41.9 Å². The molecule has 0 saturated carbocycles. The number of hydrogen-bond acceptors (Lipinski definition) is 9. The van der Waals surface area contributed by atoms with Crippen LogP contribution in [0, 0.1) is 0 Å². The maximum Gasteiger partial charge on any atom is 0.229 e. The summed E-state index contributed by atoms with van der Waals surface area (Å²) in [5.74, 6) is 0.343. The van der Waals surface area contributed by atoms with Gasteiger partial charge in [-0.1, -0.05) is 48.6 Å². The topological polar surface area (TPSA) is 125 Å². The van der Waals surface area contributed by atoms with Crippen molar-refractivity contribution in [2.45, 2.75) is 45.4 Å². The van der Waals surface area contributed by atoms with Gasteiger partial charge < -0.3 is 15.7 Å². The lowest BCUT2D eigenvalue weighted by atomic mass is 10.1. The number of hydrogen-bond donors (Lipinski definition) is 4. The molecular formula is C21H27N7O2S. The number of rotatable bonds is 12. The Kier molecular flexibility index (Phi) is 8.83. The summed E-state index contributed by atoms with van der Waals surface area (Å²) in [6.45, 7) is 2.57. The van der Waals surface area contributed by atoms with E-state index in [1.165, 1.54) is 11.3 Å². The van der Waals surface area contributed by atoms with Crippen LogP contribution in [0.1, 0.15) is 36.0 Å². The van der Waals surface area contributed by atoms with Crippen molar-refractivity contribution in [1.82, 2.24) is 25.7 Å². The van der Waals surface area contributed by atoms with Crippen LogP contribution in [0.15, 0.2) is 42.5 Å². The Bertz CT molecular complexity index is 934. The first kappa shape index (κ1) is 22.7. The standard InChI is InChI=1S/C21H27N7O2S/c1-2-22-20(30)24-21-28-27-19(31-21)11-7-6-10-16-12-13-17(26-25-16)23-18(29)14-15-8-4-3-5-9-15/h3-5,8-9,12-13,20,22,30H,2,6-7,10-11,14H2,1H3,(H,24,28)(H,23,26,29). The number of nitrogens with one attached hydrogen (secondary N) is 3. The molecule has 1 unspecified atom stereocenters. The Hall–Kier alpha value is -2.95. The summed E-state index contributed by atoms with van der Waals surface area (Å²) in [5, 5.41) is 36.1. The third kappa shape index (κ3) is 8.00. The van der Waals surface area contributed by atoms with Crippen LogP contribution in [-0.4, -0.2) is 44.3 Å². The molecule has 0 spiro atoms. The molecule has 164 valence electrons. The molecule has 2 aromatic heterocycles. The lowest BCUT2D eigenvalue weighted by molar-refractivity contribution is -0.115. The highest BCUT2D eigenvalue weighted by molar-refractivity contribution is 7.15. The molecule has 3 aromatic rings. The molecule has 1 aromatic carbocycles. The Labute approximate surface area is 185 Å². The number of benzene rings is 1. The maximum absolute atomic E-state index is 12.1. The third-order valence-electron chi connectivity index (χ3n) is 4.39. The second-order valence-electron chi connectivity index (χ2n) is 6.93. The summed E-state index contributed by atoms with van der Waals surface area (Å²) in [7, 11) is 0. The van der Waals surface area contributed by atoms with Crippen molar-refractivity contribution in [2.24, 2.45) is 0 Å². The van der Waals surface area contributed by atoms with Gasteiger partial charge in [-0.05, 0) is 43.5 Å². The van der Waals surface area contributed by atoms with Gasteiger partial charge in [-0.25, -0.2) is 0 Å². The number of anilines is 2. The van der Waals surface area contributed by atoms with Crippen molar-refractivity contribution < 1.29 is 9.90 Å². The lowest BCUT2D eigenvalue weighted by Crippen LogP contribution is -2.35. The Morgan fingerprint density at radius 2 is 1.84 bits per heavy atom. The molecule has 0 fully saturated rings. The fourth-order valence-electron chi connectivity index (χ4n) is 2.88. The van der Waals surface area contributed by atoms with Crippen LogP contribution < -0.4 is 16.0 Å². The van der Waals surface area contributed by atoms with Gasteiger partial charge in [0.25, 0.3) is 0 Å². The smallest absolute Gasteiger partial charge is 0.229 e. The largest absolute Gasteiger partial charge is 0.361 e. The predicted molar refractivity (Wildman–Crippen MR) is 121 cm³/mol. The zero-order valence-corrected chi connectivity index (χ0v) is 18.2. The molecule has 0 radical (unpaired) electrons. The molecule has 1 atom stereocenters. The summed E-state index contributed by atoms with van der Waals surface area (Å²) in [5.41, 5.74) is 1.84. The van der Waals surface area contributed by atoms with E-state index < -0.39 is 6.35 Å². The summed E-state index contributed by atoms with van der Waals surface area (Å²) < 4.78 is 0. The Morgan fingerprint density at radius 1 is 1.03 bits per heavy atom. The summed E-state index contributed by atoms with van der Waals surface area (Å²) in [4.78, 5) is 12.1. The molecule has 4 N–H and O–H groups in total. The van der Waals surface area contributed by atoms with Crippen LogP contribution in [0.2, 0.25) is 0 Å². The number of aryl methyl sites for hydroxylation is 2. The van der Waals surface area contributed by atoms with Crippen LogP contribution in [-0.2, 0) is 24.1 Å². The number of nitrogens with zero attached hydrogens (tertiary/aromatic N) is 4. The average molecular weight is 442 g/mol. The second-order valence-corrected chi connectivity index (χ2v) is 8.00. The van der Waals surface area contributed by atoms with E-state index in [9.17, 15) is 9.90 Å². The van der Waals surface area contributed by atoms with E-state index in [-0.39, 0.29) is 5.91 Å². The molecule has 31 heavy (non-hydrogen) atoms. The summed E-state index contributed by atoms with van der Waals surface area (Å²) >= 11 is 1.44. The van der Waals surface area contributed by atoms with Crippen LogP contribution in [0.3, 0.4) is 0 Å². The molecule has 0 bridgehead atoms. The van der Waals surface area contributed by atoms with Gasteiger partial charge in [-0.3, -0.25) is 10.1 Å². The van der Waals surface area contributed by atoms with Crippen molar-refractivity contribution in [3.05, 3.63) is 58.7 Å². The number of aliphatic hydroxyl groups is 1. The van der Waals surface area contributed by atoms with E-state index in [2.05, 4.69) is 36.3 Å². The normalized spacial score (nSPS) is 11.8. The first-order chi connectivity index (χ1) is 15.1. The molecule has 3 rings (SSSR count). The zero-order valence-electron chi connectivity index (χ0n) is 17.4. The summed E-state index contributed by atoms with van der Waals surface area (Å²) in [6.07, 6.45) is 2.99. The van der Waals surface area contributed by atoms with Crippen molar-refractivity contribution >= 4 is 28.2 Å². The van der Waals surface area contributed by atoms with Gasteiger partial charge in [-0.15, -0.1) is 15.3 Å². The van der Waals surface area contributed by atoms with Gasteiger partial charge in [0.15, 0.2) is 12.2 Å². The molecular weight excluding hydrogens is 414 g/mol. The van der Waals surface area contributed by atoms with Gasteiger partial charge in [0, 0.05) is 6.42 Å². The first-order valence-corrected chi connectivity index (χ1v) is 11.1. The third-order valence-corrected chi connectivity index (χ3v) is 5.31. The maximum atomic E-state index is 12.1. The van der Waals surface area contributed by atoms with Gasteiger partial charge in [0.05, 0.1) is 12.1 Å². The minimum atomic E-state index is -0.824. The fraction of sp³-hybridized carbons (Fsp3) is 0.381. The van der Waals surface area contributed by atoms with Gasteiger partial charge >= 0.3 is 0 Å². The van der Waals surface area contributed by atoms with Gasteiger partial charge in [0.1, 0.15) is 5.01 Å².